The van der Waals surface area contributed by atoms with Crippen molar-refractivity contribution in [2.75, 3.05) is 17.6 Å². The molecule has 0 bridgehead atoms. The smallest absolute Gasteiger partial charge is 0.384 e. The van der Waals surface area contributed by atoms with Crippen molar-refractivity contribution >= 4 is 39.5 Å². The number of nitrogens with zero attached hydrogens (tertiary/aromatic N) is 2. The second-order valence-electron chi connectivity index (χ2n) is 5.41. The fourth-order valence-electron chi connectivity index (χ4n) is 2.25. The van der Waals surface area contributed by atoms with Crippen molar-refractivity contribution in [1.29, 1.82) is 5.41 Å². The van der Waals surface area contributed by atoms with Crippen LogP contribution in [-0.2, 0) is 6.18 Å². The molecular formula is C16H19F3N6S. The number of guanidine groups is 1. The van der Waals surface area contributed by atoms with Gasteiger partial charge in [-0.3, -0.25) is 10.4 Å². The third kappa shape index (κ3) is 5.80. The number of aliphatic imine (C=N–C) groups is 1. The van der Waals surface area contributed by atoms with Crippen LogP contribution in [0.1, 0.15) is 18.4 Å². The Kier molecular flexibility index (Phi) is 6.67. The minimum Gasteiger partial charge on any atom is -0.384 e. The number of anilines is 1. The summed E-state index contributed by atoms with van der Waals surface area (Å²) in [5.41, 5.74) is 10.7. The van der Waals surface area contributed by atoms with Gasteiger partial charge < -0.3 is 16.8 Å². The first kappa shape index (κ1) is 19.8. The van der Waals surface area contributed by atoms with E-state index in [-0.39, 0.29) is 11.1 Å². The molecule has 2 rings (SSSR count). The lowest BCUT2D eigenvalue weighted by atomic mass is 10.1. The standard InChI is InChI=1S/C16H19F3N6S/c17-16(18,19)10-3-4-11-12(5-7-24-13(11)9-10)23-6-1-2-8-26-15(22)25-14(20)21/h3-5,7,9H,1-2,6,8H2,(H,23,24)(H5,20,21,22,25). The zero-order valence-electron chi connectivity index (χ0n) is 13.8. The zero-order chi connectivity index (χ0) is 19.2. The van der Waals surface area contributed by atoms with Crippen LogP contribution in [0.2, 0.25) is 0 Å². The number of pyridine rings is 1. The second-order valence-corrected chi connectivity index (χ2v) is 6.50. The zero-order valence-corrected chi connectivity index (χ0v) is 14.6. The number of hydrogen-bond donors (Lipinski definition) is 4. The van der Waals surface area contributed by atoms with Gasteiger partial charge in [0.05, 0.1) is 11.1 Å². The number of aromatic nitrogens is 1. The van der Waals surface area contributed by atoms with Crippen molar-refractivity contribution in [3.8, 4) is 0 Å². The van der Waals surface area contributed by atoms with E-state index in [4.69, 9.17) is 16.9 Å². The molecule has 1 heterocycles. The van der Waals surface area contributed by atoms with Crippen LogP contribution in [0.5, 0.6) is 0 Å². The Morgan fingerprint density at radius 2 is 2.00 bits per heavy atom. The fourth-order valence-corrected chi connectivity index (χ4v) is 2.96. The van der Waals surface area contributed by atoms with Crippen LogP contribution in [-0.4, -0.2) is 28.4 Å². The normalized spacial score (nSPS) is 11.3. The maximum absolute atomic E-state index is 12.8. The summed E-state index contributed by atoms with van der Waals surface area (Å²) in [7, 11) is 0. The van der Waals surface area contributed by atoms with Gasteiger partial charge in [0.2, 0.25) is 0 Å². The summed E-state index contributed by atoms with van der Waals surface area (Å²) >= 11 is 1.25. The monoisotopic (exact) mass is 384 g/mol. The van der Waals surface area contributed by atoms with Gasteiger partial charge in [-0.25, -0.2) is 0 Å². The molecule has 0 amide bonds. The summed E-state index contributed by atoms with van der Waals surface area (Å²) in [6.07, 6.45) is -1.24. The first-order valence-electron chi connectivity index (χ1n) is 7.78. The minimum atomic E-state index is -4.39. The number of fused-ring (bicyclic) bond motifs is 1. The predicted molar refractivity (Wildman–Crippen MR) is 100 cm³/mol. The van der Waals surface area contributed by atoms with Crippen molar-refractivity contribution in [2.45, 2.75) is 19.0 Å². The third-order valence-electron chi connectivity index (χ3n) is 3.43. The first-order chi connectivity index (χ1) is 12.3. The van der Waals surface area contributed by atoms with E-state index in [1.54, 1.807) is 6.07 Å². The largest absolute Gasteiger partial charge is 0.416 e. The van der Waals surface area contributed by atoms with Gasteiger partial charge in [0.1, 0.15) is 0 Å². The second kappa shape index (κ2) is 8.75. The number of hydrogen-bond acceptors (Lipinski definition) is 4. The van der Waals surface area contributed by atoms with Crippen LogP contribution in [0.3, 0.4) is 0 Å². The summed E-state index contributed by atoms with van der Waals surface area (Å²) in [5, 5.41) is 11.4. The molecule has 6 N–H and O–H groups in total. The van der Waals surface area contributed by atoms with E-state index < -0.39 is 11.7 Å². The van der Waals surface area contributed by atoms with Crippen LogP contribution < -0.4 is 16.8 Å². The van der Waals surface area contributed by atoms with E-state index in [0.29, 0.717) is 23.2 Å². The topological polar surface area (TPSA) is 113 Å². The molecule has 0 radical (unpaired) electrons. The maximum atomic E-state index is 12.8. The van der Waals surface area contributed by atoms with E-state index in [2.05, 4.69) is 15.3 Å². The summed E-state index contributed by atoms with van der Waals surface area (Å²) in [4.78, 5) is 7.63. The van der Waals surface area contributed by atoms with Gasteiger partial charge in [0.15, 0.2) is 11.1 Å². The summed E-state index contributed by atoms with van der Waals surface area (Å²) in [6, 6.07) is 5.27. The average Bonchev–Trinajstić information content (AvgIpc) is 2.56. The van der Waals surface area contributed by atoms with E-state index in [9.17, 15) is 13.2 Å². The molecule has 6 nitrogen and oxygen atoms in total. The Balaban J connectivity index is 1.87. The number of halogens is 3. The Morgan fingerprint density at radius 3 is 2.69 bits per heavy atom. The number of unbranched alkanes of at least 4 members (excludes halogenated alkanes) is 1. The van der Waals surface area contributed by atoms with Crippen molar-refractivity contribution in [3.63, 3.8) is 0 Å². The van der Waals surface area contributed by atoms with Gasteiger partial charge in [0, 0.05) is 29.6 Å². The molecule has 1 aromatic heterocycles. The molecule has 2 aromatic rings. The Hall–Kier alpha value is -2.49. The number of alkyl halides is 3. The number of nitrogens with one attached hydrogen (secondary N) is 2. The highest BCUT2D eigenvalue weighted by Gasteiger charge is 2.30. The highest BCUT2D eigenvalue weighted by Crippen LogP contribution is 2.32. The lowest BCUT2D eigenvalue weighted by Gasteiger charge is -2.11. The average molecular weight is 384 g/mol. The van der Waals surface area contributed by atoms with Gasteiger partial charge in [-0.15, -0.1) is 0 Å². The van der Waals surface area contributed by atoms with Crippen molar-refractivity contribution in [3.05, 3.63) is 36.0 Å². The van der Waals surface area contributed by atoms with Crippen LogP contribution in [0, 0.1) is 5.41 Å². The van der Waals surface area contributed by atoms with Gasteiger partial charge in [-0.2, -0.15) is 18.2 Å². The molecule has 0 spiro atoms. The van der Waals surface area contributed by atoms with Crippen LogP contribution in [0.25, 0.3) is 10.9 Å². The van der Waals surface area contributed by atoms with Crippen LogP contribution in [0.4, 0.5) is 18.9 Å². The molecule has 140 valence electrons. The molecule has 10 heteroatoms. The van der Waals surface area contributed by atoms with Gasteiger partial charge in [-0.05, 0) is 31.0 Å². The Morgan fingerprint density at radius 1 is 1.23 bits per heavy atom. The Labute approximate surface area is 152 Å². The van der Waals surface area contributed by atoms with Gasteiger partial charge >= 0.3 is 6.18 Å². The van der Waals surface area contributed by atoms with E-state index in [0.717, 1.165) is 30.7 Å². The summed E-state index contributed by atoms with van der Waals surface area (Å²) in [5.74, 6) is 0.561. The lowest BCUT2D eigenvalue weighted by molar-refractivity contribution is -0.137. The Bertz CT molecular complexity index is 802. The molecular weight excluding hydrogens is 365 g/mol. The van der Waals surface area contributed by atoms with Crippen LogP contribution in [0.15, 0.2) is 35.5 Å². The molecule has 0 atom stereocenters. The number of rotatable bonds is 6. The molecule has 0 fully saturated rings. The quantitative estimate of drug-likeness (QED) is 0.346. The van der Waals surface area contributed by atoms with E-state index >= 15 is 0 Å². The lowest BCUT2D eigenvalue weighted by Crippen LogP contribution is -2.23. The molecule has 0 unspecified atom stereocenters. The molecule has 0 aliphatic rings. The first-order valence-corrected chi connectivity index (χ1v) is 8.77. The molecule has 26 heavy (non-hydrogen) atoms. The van der Waals surface area contributed by atoms with Crippen molar-refractivity contribution < 1.29 is 13.2 Å². The van der Waals surface area contributed by atoms with Crippen LogP contribution >= 0.6 is 11.8 Å². The summed E-state index contributed by atoms with van der Waals surface area (Å²) in [6.45, 7) is 0.649. The molecule has 0 aliphatic heterocycles. The van der Waals surface area contributed by atoms with Crippen molar-refractivity contribution in [1.82, 2.24) is 4.98 Å². The molecule has 0 aliphatic carbocycles. The fraction of sp³-hybridized carbons (Fsp3) is 0.312. The number of amidine groups is 1. The predicted octanol–water partition coefficient (Wildman–Crippen LogP) is 3.39. The van der Waals surface area contributed by atoms with Crippen molar-refractivity contribution in [2.24, 2.45) is 16.5 Å². The summed E-state index contributed by atoms with van der Waals surface area (Å²) < 4.78 is 38.3. The molecule has 0 saturated carbocycles. The maximum Gasteiger partial charge on any atom is 0.416 e. The number of thioether (sulfide) groups is 1. The highest BCUT2D eigenvalue weighted by molar-refractivity contribution is 8.13. The third-order valence-corrected chi connectivity index (χ3v) is 4.28. The molecule has 1 aromatic carbocycles. The van der Waals surface area contributed by atoms with E-state index in [1.165, 1.54) is 24.0 Å². The van der Waals surface area contributed by atoms with Gasteiger partial charge in [-0.1, -0.05) is 17.8 Å². The highest BCUT2D eigenvalue weighted by atomic mass is 32.2. The molecule has 0 saturated heterocycles. The number of nitrogens with two attached hydrogens (primary N) is 2. The van der Waals surface area contributed by atoms with E-state index in [1.807, 2.05) is 0 Å². The number of benzene rings is 1. The SMILES string of the molecule is N=C(N=C(N)N)SCCCCNc1ccnc2cc(C(F)(F)F)ccc12. The minimum absolute atomic E-state index is 0.0681. The van der Waals surface area contributed by atoms with Gasteiger partial charge in [0.25, 0.3) is 0 Å².